The van der Waals surface area contributed by atoms with Crippen LogP contribution in [-0.2, 0) is 10.1 Å². The Morgan fingerprint density at radius 2 is 1.48 bits per heavy atom. The van der Waals surface area contributed by atoms with Crippen molar-refractivity contribution in [2.24, 2.45) is 0 Å². The average Bonchev–Trinajstić information content (AvgIpc) is 2.50. The zero-order valence-corrected chi connectivity index (χ0v) is 17.8. The Hall–Kier alpha value is -0.0300. The van der Waals surface area contributed by atoms with Gasteiger partial charge in [-0.3, -0.25) is 0 Å². The van der Waals surface area contributed by atoms with Gasteiger partial charge in [0.15, 0.2) is 0 Å². The van der Waals surface area contributed by atoms with Gasteiger partial charge in [-0.15, -0.1) is 0 Å². The predicted molar refractivity (Wildman–Crippen MR) is 93.8 cm³/mol. The summed E-state index contributed by atoms with van der Waals surface area (Å²) in [5.41, 5.74) is 0. The third-order valence-electron chi connectivity index (χ3n) is 3.87. The number of benzene rings is 1. The van der Waals surface area contributed by atoms with Crippen molar-refractivity contribution in [2.45, 2.75) is 76.9 Å². The standard InChI is InChI=1S/C18H30O3S.Na.H/c1-3-5-7-8-12-16-18(15-6-4-2)22(19,20)21-17-13-10-9-11-14-17;;/h9-11,13-14,18H,3-8,12,15-16H2,1-2H3;;/q;+1;-1. The van der Waals surface area contributed by atoms with Crippen LogP contribution in [-0.4, -0.2) is 13.7 Å². The molecule has 0 amide bonds. The molecular weight excluding hydrogens is 319 g/mol. The van der Waals surface area contributed by atoms with Crippen LogP contribution < -0.4 is 33.7 Å². The van der Waals surface area contributed by atoms with Crippen LogP contribution in [0, 0.1) is 0 Å². The van der Waals surface area contributed by atoms with Gasteiger partial charge in [0.1, 0.15) is 5.75 Å². The summed E-state index contributed by atoms with van der Waals surface area (Å²) in [6.07, 6.45) is 9.03. The molecular formula is C18H31NaO3S. The number of unbranched alkanes of at least 4 members (excludes halogenated alkanes) is 5. The molecule has 128 valence electrons. The van der Waals surface area contributed by atoms with E-state index in [1.807, 2.05) is 6.07 Å². The number of hydrogen-bond donors (Lipinski definition) is 0. The van der Waals surface area contributed by atoms with E-state index in [2.05, 4.69) is 13.8 Å². The van der Waals surface area contributed by atoms with Gasteiger partial charge >= 0.3 is 39.7 Å². The van der Waals surface area contributed by atoms with E-state index in [1.165, 1.54) is 19.3 Å². The van der Waals surface area contributed by atoms with Crippen LogP contribution >= 0.6 is 0 Å². The summed E-state index contributed by atoms with van der Waals surface area (Å²) in [5.74, 6) is 0.412. The fraction of sp³-hybridized carbons (Fsp3) is 0.667. The molecule has 0 aliphatic carbocycles. The summed E-state index contributed by atoms with van der Waals surface area (Å²) >= 11 is 0. The van der Waals surface area contributed by atoms with Crippen LogP contribution in [0.25, 0.3) is 0 Å². The molecule has 0 N–H and O–H groups in total. The first-order chi connectivity index (χ1) is 10.6. The van der Waals surface area contributed by atoms with Crippen molar-refractivity contribution >= 4 is 10.1 Å². The maximum atomic E-state index is 12.5. The smallest absolute Gasteiger partial charge is 1.00 e. The average molecular weight is 350 g/mol. The van der Waals surface area contributed by atoms with Crippen molar-refractivity contribution in [1.29, 1.82) is 0 Å². The van der Waals surface area contributed by atoms with Crippen molar-refractivity contribution in [1.82, 2.24) is 0 Å². The van der Waals surface area contributed by atoms with Crippen molar-refractivity contribution in [3.8, 4) is 5.75 Å². The SMILES string of the molecule is CCCCCCCC(CCCC)S(=O)(=O)Oc1ccccc1.[H-].[Na+]. The summed E-state index contributed by atoms with van der Waals surface area (Å²) in [7, 11) is -3.54. The molecule has 0 aliphatic heterocycles. The maximum absolute atomic E-state index is 12.5. The summed E-state index contributed by atoms with van der Waals surface area (Å²) < 4.78 is 30.3. The minimum Gasteiger partial charge on any atom is -1.00 e. The normalized spacial score (nSPS) is 12.4. The Morgan fingerprint density at radius 1 is 0.913 bits per heavy atom. The van der Waals surface area contributed by atoms with Gasteiger partial charge in [-0.1, -0.05) is 77.0 Å². The predicted octanol–water partition coefficient (Wildman–Crippen LogP) is 2.43. The van der Waals surface area contributed by atoms with Gasteiger partial charge in [-0.05, 0) is 25.0 Å². The molecule has 23 heavy (non-hydrogen) atoms. The van der Waals surface area contributed by atoms with Crippen LogP contribution in [0.4, 0.5) is 0 Å². The molecule has 0 fully saturated rings. The Kier molecular flexibility index (Phi) is 13.3. The summed E-state index contributed by atoms with van der Waals surface area (Å²) in [5, 5.41) is -0.380. The van der Waals surface area contributed by atoms with Crippen LogP contribution in [0.2, 0.25) is 0 Å². The second kappa shape index (κ2) is 13.3. The van der Waals surface area contributed by atoms with E-state index < -0.39 is 10.1 Å². The molecule has 1 rings (SSSR count). The number of para-hydroxylation sites is 1. The largest absolute Gasteiger partial charge is 1.00 e. The molecule has 0 saturated carbocycles. The topological polar surface area (TPSA) is 43.4 Å². The van der Waals surface area contributed by atoms with E-state index in [4.69, 9.17) is 4.18 Å². The van der Waals surface area contributed by atoms with E-state index in [0.717, 1.165) is 25.7 Å². The molecule has 5 heteroatoms. The van der Waals surface area contributed by atoms with Crippen molar-refractivity contribution in [3.05, 3.63) is 30.3 Å². The zero-order valence-electron chi connectivity index (χ0n) is 16.0. The molecule has 1 unspecified atom stereocenters. The summed E-state index contributed by atoms with van der Waals surface area (Å²) in [4.78, 5) is 0. The van der Waals surface area contributed by atoms with E-state index in [9.17, 15) is 8.42 Å². The summed E-state index contributed by atoms with van der Waals surface area (Å²) in [6, 6.07) is 8.81. The Bertz CT molecular complexity index is 494. The Labute approximate surface area is 166 Å². The third kappa shape index (κ3) is 9.75. The minimum atomic E-state index is -3.54. The van der Waals surface area contributed by atoms with Crippen molar-refractivity contribution < 1.29 is 43.6 Å². The monoisotopic (exact) mass is 350 g/mol. The summed E-state index contributed by atoms with van der Waals surface area (Å²) in [6.45, 7) is 4.27. The van der Waals surface area contributed by atoms with Gasteiger partial charge in [0.2, 0.25) is 0 Å². The molecule has 0 bridgehead atoms. The van der Waals surface area contributed by atoms with Gasteiger partial charge in [0, 0.05) is 0 Å². The van der Waals surface area contributed by atoms with Gasteiger partial charge in [0.25, 0.3) is 0 Å². The molecule has 3 nitrogen and oxygen atoms in total. The first-order valence-corrected chi connectivity index (χ1v) is 10.1. The second-order valence-electron chi connectivity index (χ2n) is 5.86. The zero-order chi connectivity index (χ0) is 16.3. The first-order valence-electron chi connectivity index (χ1n) is 8.58. The molecule has 0 radical (unpaired) electrons. The van der Waals surface area contributed by atoms with Crippen LogP contribution in [0.3, 0.4) is 0 Å². The molecule has 1 atom stereocenters. The van der Waals surface area contributed by atoms with Crippen LogP contribution in [0.15, 0.2) is 30.3 Å². The van der Waals surface area contributed by atoms with Gasteiger partial charge in [0.05, 0.1) is 5.25 Å². The van der Waals surface area contributed by atoms with E-state index in [1.54, 1.807) is 24.3 Å². The maximum Gasteiger partial charge on any atom is 1.00 e. The van der Waals surface area contributed by atoms with Gasteiger partial charge < -0.3 is 5.61 Å². The second-order valence-corrected chi connectivity index (χ2v) is 7.68. The molecule has 0 aromatic heterocycles. The fourth-order valence-corrected chi connectivity index (χ4v) is 3.94. The van der Waals surface area contributed by atoms with E-state index >= 15 is 0 Å². The third-order valence-corrected chi connectivity index (χ3v) is 5.59. The number of rotatable bonds is 12. The molecule has 0 aliphatic rings. The quantitative estimate of drug-likeness (QED) is 0.330. The molecule has 0 saturated heterocycles. The van der Waals surface area contributed by atoms with Gasteiger partial charge in [-0.2, -0.15) is 8.42 Å². The van der Waals surface area contributed by atoms with Crippen LogP contribution in [0.5, 0.6) is 5.75 Å². The Morgan fingerprint density at radius 3 is 2.09 bits per heavy atom. The first kappa shape index (κ1) is 23.0. The molecule has 1 aromatic rings. The number of hydrogen-bond acceptors (Lipinski definition) is 3. The van der Waals surface area contributed by atoms with E-state index in [0.29, 0.717) is 18.6 Å². The minimum absolute atomic E-state index is 0. The van der Waals surface area contributed by atoms with Crippen LogP contribution in [0.1, 0.15) is 73.1 Å². The molecule has 1 aromatic carbocycles. The molecule has 0 heterocycles. The fourth-order valence-electron chi connectivity index (χ4n) is 2.52. The molecule has 0 spiro atoms. The Balaban J connectivity index is 0. The van der Waals surface area contributed by atoms with E-state index in [-0.39, 0.29) is 36.2 Å². The van der Waals surface area contributed by atoms with Gasteiger partial charge in [-0.25, -0.2) is 0 Å². The van der Waals surface area contributed by atoms with Crippen molar-refractivity contribution in [3.63, 3.8) is 0 Å². The van der Waals surface area contributed by atoms with Crippen molar-refractivity contribution in [2.75, 3.05) is 0 Å².